The molecule has 2 rings (SSSR count). The van der Waals surface area contributed by atoms with Crippen molar-refractivity contribution in [3.63, 3.8) is 0 Å². The smallest absolute Gasteiger partial charge is 0.227 e. The van der Waals surface area contributed by atoms with Crippen LogP contribution in [0.25, 0.3) is 0 Å². The van der Waals surface area contributed by atoms with Gasteiger partial charge in [-0.2, -0.15) is 0 Å². The van der Waals surface area contributed by atoms with Crippen molar-refractivity contribution >= 4 is 5.95 Å². The summed E-state index contributed by atoms with van der Waals surface area (Å²) >= 11 is 0. The quantitative estimate of drug-likeness (QED) is 0.832. The van der Waals surface area contributed by atoms with Crippen molar-refractivity contribution in [1.29, 1.82) is 0 Å². The van der Waals surface area contributed by atoms with Crippen molar-refractivity contribution < 1.29 is 9.84 Å². The average Bonchev–Trinajstić information content (AvgIpc) is 2.71. The summed E-state index contributed by atoms with van der Waals surface area (Å²) in [5.41, 5.74) is 0. The zero-order valence-electron chi connectivity index (χ0n) is 10.6. The zero-order valence-corrected chi connectivity index (χ0v) is 10.6. The number of ether oxygens (including phenoxy) is 1. The Morgan fingerprint density at radius 2 is 2.29 bits per heavy atom. The number of aliphatic hydroxyl groups is 1. The van der Waals surface area contributed by atoms with Crippen LogP contribution in [0.2, 0.25) is 0 Å². The highest BCUT2D eigenvalue weighted by Crippen LogP contribution is 2.19. The van der Waals surface area contributed by atoms with E-state index < -0.39 is 6.10 Å². The molecule has 0 radical (unpaired) electrons. The predicted octanol–water partition coefficient (Wildman–Crippen LogP) is 0.484. The lowest BCUT2D eigenvalue weighted by Crippen LogP contribution is -2.43. The van der Waals surface area contributed by atoms with Gasteiger partial charge in [-0.3, -0.25) is 4.57 Å². The second-order valence-electron chi connectivity index (χ2n) is 4.44. The Hall–Kier alpha value is -1.14. The standard InChI is InChI=1S/C11H20N4O2/c1-4-9-7-15(5-6-17-9)11-13-12-10(8(2)16)14(11)3/h8-9,16H,4-7H2,1-3H3/t8-,9-/m0/s1. The molecule has 1 N–H and O–H groups in total. The highest BCUT2D eigenvalue weighted by atomic mass is 16.5. The summed E-state index contributed by atoms with van der Waals surface area (Å²) in [6.07, 6.45) is 0.664. The Morgan fingerprint density at radius 1 is 1.53 bits per heavy atom. The van der Waals surface area contributed by atoms with Crippen LogP contribution in [-0.4, -0.2) is 45.7 Å². The van der Waals surface area contributed by atoms with E-state index in [9.17, 15) is 5.11 Å². The van der Waals surface area contributed by atoms with Crippen molar-refractivity contribution in [2.24, 2.45) is 7.05 Å². The first-order chi connectivity index (χ1) is 8.13. The molecule has 17 heavy (non-hydrogen) atoms. The minimum Gasteiger partial charge on any atom is -0.385 e. The summed E-state index contributed by atoms with van der Waals surface area (Å²) < 4.78 is 7.47. The number of anilines is 1. The molecule has 0 bridgehead atoms. The summed E-state index contributed by atoms with van der Waals surface area (Å²) in [4.78, 5) is 2.16. The van der Waals surface area contributed by atoms with E-state index in [4.69, 9.17) is 4.74 Å². The number of morpholine rings is 1. The molecule has 0 spiro atoms. The first-order valence-corrected chi connectivity index (χ1v) is 6.07. The molecular formula is C11H20N4O2. The summed E-state index contributed by atoms with van der Waals surface area (Å²) in [6.45, 7) is 6.19. The first-order valence-electron chi connectivity index (χ1n) is 6.07. The van der Waals surface area contributed by atoms with Gasteiger partial charge in [-0.05, 0) is 13.3 Å². The maximum Gasteiger partial charge on any atom is 0.227 e. The van der Waals surface area contributed by atoms with Gasteiger partial charge < -0.3 is 14.7 Å². The van der Waals surface area contributed by atoms with Gasteiger partial charge in [0.1, 0.15) is 6.10 Å². The van der Waals surface area contributed by atoms with E-state index in [0.29, 0.717) is 5.82 Å². The molecule has 0 unspecified atom stereocenters. The fraction of sp³-hybridized carbons (Fsp3) is 0.818. The molecule has 2 atom stereocenters. The second-order valence-corrected chi connectivity index (χ2v) is 4.44. The summed E-state index contributed by atoms with van der Waals surface area (Å²) in [5, 5.41) is 17.7. The Morgan fingerprint density at radius 3 is 2.88 bits per heavy atom. The predicted molar refractivity (Wildman–Crippen MR) is 63.9 cm³/mol. The summed E-state index contributed by atoms with van der Waals surface area (Å²) in [5.74, 6) is 1.40. The number of hydrogen-bond donors (Lipinski definition) is 1. The van der Waals surface area contributed by atoms with Crippen LogP contribution in [-0.2, 0) is 11.8 Å². The molecule has 1 aliphatic rings. The molecule has 0 saturated carbocycles. The molecule has 6 heteroatoms. The molecule has 1 aromatic heterocycles. The maximum atomic E-state index is 9.55. The van der Waals surface area contributed by atoms with Crippen molar-refractivity contribution in [2.45, 2.75) is 32.5 Å². The molecular weight excluding hydrogens is 220 g/mol. The number of rotatable bonds is 3. The molecule has 2 heterocycles. The number of nitrogens with zero attached hydrogens (tertiary/aromatic N) is 4. The second kappa shape index (κ2) is 5.01. The van der Waals surface area contributed by atoms with Gasteiger partial charge in [-0.1, -0.05) is 6.92 Å². The zero-order chi connectivity index (χ0) is 12.4. The minimum absolute atomic E-state index is 0.260. The van der Waals surface area contributed by atoms with Crippen LogP contribution in [0.3, 0.4) is 0 Å². The van der Waals surface area contributed by atoms with E-state index >= 15 is 0 Å². The van der Waals surface area contributed by atoms with Crippen LogP contribution in [0.1, 0.15) is 32.2 Å². The third-order valence-electron chi connectivity index (χ3n) is 3.14. The van der Waals surface area contributed by atoms with Gasteiger partial charge in [0.15, 0.2) is 5.82 Å². The van der Waals surface area contributed by atoms with Gasteiger partial charge >= 0.3 is 0 Å². The number of aliphatic hydroxyl groups excluding tert-OH is 1. The lowest BCUT2D eigenvalue weighted by atomic mass is 10.2. The largest absolute Gasteiger partial charge is 0.385 e. The van der Waals surface area contributed by atoms with Gasteiger partial charge in [-0.25, -0.2) is 0 Å². The fourth-order valence-corrected chi connectivity index (χ4v) is 2.12. The maximum absolute atomic E-state index is 9.55. The van der Waals surface area contributed by atoms with Crippen LogP contribution < -0.4 is 4.90 Å². The van der Waals surface area contributed by atoms with Crippen molar-refractivity contribution in [3.05, 3.63) is 5.82 Å². The van der Waals surface area contributed by atoms with E-state index in [1.165, 1.54) is 0 Å². The van der Waals surface area contributed by atoms with E-state index in [1.54, 1.807) is 6.92 Å². The fourth-order valence-electron chi connectivity index (χ4n) is 2.12. The first kappa shape index (κ1) is 12.3. The van der Waals surface area contributed by atoms with Gasteiger partial charge in [0.2, 0.25) is 5.95 Å². The molecule has 0 aromatic carbocycles. The average molecular weight is 240 g/mol. The van der Waals surface area contributed by atoms with E-state index in [2.05, 4.69) is 22.0 Å². The highest BCUT2D eigenvalue weighted by Gasteiger charge is 2.24. The third kappa shape index (κ3) is 2.42. The van der Waals surface area contributed by atoms with Crippen molar-refractivity contribution in [1.82, 2.24) is 14.8 Å². The highest BCUT2D eigenvalue weighted by molar-refractivity contribution is 5.32. The van der Waals surface area contributed by atoms with Gasteiger partial charge in [0.05, 0.1) is 12.7 Å². The SMILES string of the molecule is CC[C@H]1CN(c2nnc([C@H](C)O)n2C)CCO1. The normalized spacial score (nSPS) is 22.8. The van der Waals surface area contributed by atoms with Crippen LogP contribution in [0.4, 0.5) is 5.95 Å². The Kier molecular flexibility index (Phi) is 3.63. The van der Waals surface area contributed by atoms with Gasteiger partial charge in [0, 0.05) is 20.1 Å². The topological polar surface area (TPSA) is 63.4 Å². The molecule has 0 aliphatic carbocycles. The monoisotopic (exact) mass is 240 g/mol. The Bertz CT molecular complexity index is 378. The third-order valence-corrected chi connectivity index (χ3v) is 3.14. The summed E-state index contributed by atoms with van der Waals surface area (Å²) in [6, 6.07) is 0. The molecule has 1 saturated heterocycles. The Balaban J connectivity index is 2.16. The van der Waals surface area contributed by atoms with Gasteiger partial charge in [0.25, 0.3) is 0 Å². The lowest BCUT2D eigenvalue weighted by molar-refractivity contribution is 0.0376. The van der Waals surface area contributed by atoms with Crippen LogP contribution in [0.5, 0.6) is 0 Å². The van der Waals surface area contributed by atoms with Crippen molar-refractivity contribution in [3.8, 4) is 0 Å². The Labute approximate surface area is 101 Å². The lowest BCUT2D eigenvalue weighted by Gasteiger charge is -2.32. The number of hydrogen-bond acceptors (Lipinski definition) is 5. The van der Waals surface area contributed by atoms with Crippen LogP contribution >= 0.6 is 0 Å². The van der Waals surface area contributed by atoms with Gasteiger partial charge in [-0.15, -0.1) is 10.2 Å². The van der Waals surface area contributed by atoms with Crippen molar-refractivity contribution in [2.75, 3.05) is 24.6 Å². The van der Waals surface area contributed by atoms with E-state index in [0.717, 1.165) is 32.1 Å². The van der Waals surface area contributed by atoms with E-state index in [1.807, 2.05) is 11.6 Å². The molecule has 1 aliphatic heterocycles. The molecule has 0 amide bonds. The minimum atomic E-state index is -0.593. The summed E-state index contributed by atoms with van der Waals surface area (Å²) in [7, 11) is 1.88. The van der Waals surface area contributed by atoms with Crippen LogP contribution in [0, 0.1) is 0 Å². The molecule has 96 valence electrons. The van der Waals surface area contributed by atoms with E-state index in [-0.39, 0.29) is 6.10 Å². The number of aromatic nitrogens is 3. The van der Waals surface area contributed by atoms with Crippen LogP contribution in [0.15, 0.2) is 0 Å². The molecule has 1 aromatic rings. The molecule has 1 fully saturated rings. The molecule has 6 nitrogen and oxygen atoms in total.